The molecule has 0 saturated heterocycles. The quantitative estimate of drug-likeness (QED) is 0.592. The molecule has 0 N–H and O–H groups in total. The summed E-state index contributed by atoms with van der Waals surface area (Å²) in [5.74, 6) is 0. The summed E-state index contributed by atoms with van der Waals surface area (Å²) in [4.78, 5) is 0. The van der Waals surface area contributed by atoms with Crippen molar-refractivity contribution in [2.45, 2.75) is 0 Å². The van der Waals surface area contributed by atoms with Crippen LogP contribution in [-0.4, -0.2) is 0 Å². The van der Waals surface area contributed by atoms with E-state index >= 15 is 0 Å². The van der Waals surface area contributed by atoms with Crippen molar-refractivity contribution in [3.8, 4) is 0 Å². The molecule has 5 heavy (non-hydrogen) atoms. The minimum absolute atomic E-state index is 0. The SMILES string of the molecule is FP(F)F.[W]. The molecule has 0 aromatic rings. The average molecular weight is 272 g/mol. The predicted molar refractivity (Wildman–Crippen MR) is 10.2 cm³/mol. The van der Waals surface area contributed by atoms with Crippen LogP contribution in [0, 0.1) is 0 Å². The van der Waals surface area contributed by atoms with Gasteiger partial charge in [0.1, 0.15) is 0 Å². The second kappa shape index (κ2) is 4.91. The van der Waals surface area contributed by atoms with Gasteiger partial charge in [-0.1, -0.05) is 0 Å². The van der Waals surface area contributed by atoms with E-state index in [0.717, 1.165) is 0 Å². The van der Waals surface area contributed by atoms with E-state index in [-0.39, 0.29) is 21.1 Å². The van der Waals surface area contributed by atoms with E-state index in [1.165, 1.54) is 0 Å². The molecule has 0 unspecified atom stereocenters. The Morgan fingerprint density at radius 2 is 1.00 bits per heavy atom. The van der Waals surface area contributed by atoms with Crippen LogP contribution in [0.4, 0.5) is 12.6 Å². The van der Waals surface area contributed by atoms with Crippen molar-refractivity contribution < 1.29 is 33.7 Å². The van der Waals surface area contributed by atoms with E-state index in [1.54, 1.807) is 0 Å². The topological polar surface area (TPSA) is 0 Å². The summed E-state index contributed by atoms with van der Waals surface area (Å²) in [6.07, 6.45) is 0. The first-order valence-electron chi connectivity index (χ1n) is 0.507. The molecule has 0 radical (unpaired) electrons. The van der Waals surface area contributed by atoms with Gasteiger partial charge in [0.25, 0.3) is 0 Å². The first-order chi connectivity index (χ1) is 1.73. The van der Waals surface area contributed by atoms with E-state index in [4.69, 9.17) is 0 Å². The zero-order chi connectivity index (χ0) is 3.58. The molecule has 0 spiro atoms. The minimum atomic E-state index is -4.12. The molecule has 0 aliphatic heterocycles. The monoisotopic (exact) mass is 272 g/mol. The van der Waals surface area contributed by atoms with Crippen molar-refractivity contribution in [1.29, 1.82) is 0 Å². The fourth-order valence-corrected chi connectivity index (χ4v) is 0. The van der Waals surface area contributed by atoms with Crippen LogP contribution in [0.15, 0.2) is 0 Å². The molecule has 0 aliphatic rings. The predicted octanol–water partition coefficient (Wildman–Crippen LogP) is 2.12. The molecule has 0 aromatic heterocycles. The molecule has 32 valence electrons. The third kappa shape index (κ3) is 50.3. The average Bonchev–Trinajstić information content (AvgIpc) is 0.811. The molecule has 0 fully saturated rings. The number of hydrogen-bond donors (Lipinski definition) is 0. The van der Waals surface area contributed by atoms with Crippen molar-refractivity contribution >= 4 is 8.85 Å². The Morgan fingerprint density at radius 1 is 1.00 bits per heavy atom. The molecule has 5 heteroatoms. The van der Waals surface area contributed by atoms with Crippen LogP contribution >= 0.6 is 8.85 Å². The third-order valence-corrected chi connectivity index (χ3v) is 0. The first-order valence-corrected chi connectivity index (χ1v) is 1.52. The largest absolute Gasteiger partial charge is 0.456 e. The third-order valence-electron chi connectivity index (χ3n) is 0. The van der Waals surface area contributed by atoms with Crippen molar-refractivity contribution in [2.75, 3.05) is 0 Å². The van der Waals surface area contributed by atoms with Crippen LogP contribution in [0.1, 0.15) is 0 Å². The van der Waals surface area contributed by atoms with E-state index in [0.29, 0.717) is 0 Å². The van der Waals surface area contributed by atoms with Gasteiger partial charge in [-0.25, -0.2) is 0 Å². The summed E-state index contributed by atoms with van der Waals surface area (Å²) >= 11 is 0. The van der Waals surface area contributed by atoms with Gasteiger partial charge in [0.15, 0.2) is 0 Å². The van der Waals surface area contributed by atoms with Crippen LogP contribution in [0.3, 0.4) is 0 Å². The second-order valence-electron chi connectivity index (χ2n) is 0.192. The zero-order valence-corrected chi connectivity index (χ0v) is 5.82. The van der Waals surface area contributed by atoms with Crippen LogP contribution in [0.2, 0.25) is 0 Å². The number of halogens is 3. The number of rotatable bonds is 0. The fourth-order valence-electron chi connectivity index (χ4n) is 0. The second-order valence-corrected chi connectivity index (χ2v) is 0.575. The summed E-state index contributed by atoms with van der Waals surface area (Å²) in [5, 5.41) is 0. The molecular weight excluding hydrogens is 272 g/mol. The Labute approximate surface area is 43.1 Å². The van der Waals surface area contributed by atoms with Crippen LogP contribution in [0.25, 0.3) is 0 Å². The van der Waals surface area contributed by atoms with Crippen molar-refractivity contribution in [3.63, 3.8) is 0 Å². The van der Waals surface area contributed by atoms with E-state index < -0.39 is 8.85 Å². The van der Waals surface area contributed by atoms with E-state index in [1.807, 2.05) is 0 Å². The maximum absolute atomic E-state index is 9.73. The van der Waals surface area contributed by atoms with Gasteiger partial charge in [0.2, 0.25) is 0 Å². The van der Waals surface area contributed by atoms with Gasteiger partial charge in [-0.2, -0.15) is 12.6 Å². The van der Waals surface area contributed by atoms with Gasteiger partial charge >= 0.3 is 8.85 Å². The minimum Gasteiger partial charge on any atom is -0.152 e. The van der Waals surface area contributed by atoms with Gasteiger partial charge in [-0.15, -0.1) is 0 Å². The van der Waals surface area contributed by atoms with Crippen molar-refractivity contribution in [1.82, 2.24) is 0 Å². The van der Waals surface area contributed by atoms with Crippen LogP contribution in [-0.2, 0) is 21.1 Å². The summed E-state index contributed by atoms with van der Waals surface area (Å²) < 4.78 is 29.2. The summed E-state index contributed by atoms with van der Waals surface area (Å²) in [6.45, 7) is 0. The van der Waals surface area contributed by atoms with Gasteiger partial charge in [-0.05, 0) is 0 Å². The van der Waals surface area contributed by atoms with Gasteiger partial charge in [-0.3, -0.25) is 0 Å². The molecule has 0 atom stereocenters. The number of hydrogen-bond acceptors (Lipinski definition) is 0. The van der Waals surface area contributed by atoms with Gasteiger partial charge < -0.3 is 0 Å². The smallest absolute Gasteiger partial charge is 0.152 e. The standard InChI is InChI=1S/F3P.W/c1-4(2)3;. The van der Waals surface area contributed by atoms with Gasteiger partial charge in [0, 0.05) is 21.1 Å². The van der Waals surface area contributed by atoms with Crippen LogP contribution in [0.5, 0.6) is 0 Å². The van der Waals surface area contributed by atoms with Crippen LogP contribution < -0.4 is 0 Å². The fraction of sp³-hybridized carbons (Fsp3) is 0. The van der Waals surface area contributed by atoms with E-state index in [2.05, 4.69) is 0 Å². The summed E-state index contributed by atoms with van der Waals surface area (Å²) in [7, 11) is -4.12. The summed E-state index contributed by atoms with van der Waals surface area (Å²) in [6, 6.07) is 0. The molecule has 0 rings (SSSR count). The maximum atomic E-state index is 9.73. The van der Waals surface area contributed by atoms with Crippen molar-refractivity contribution in [3.05, 3.63) is 0 Å². The molecule has 0 aromatic carbocycles. The first kappa shape index (κ1) is 9.32. The Hall–Kier alpha value is 0.908. The Morgan fingerprint density at radius 3 is 1.00 bits per heavy atom. The summed E-state index contributed by atoms with van der Waals surface area (Å²) in [5.41, 5.74) is 0. The van der Waals surface area contributed by atoms with E-state index in [9.17, 15) is 12.6 Å². The van der Waals surface area contributed by atoms with Crippen molar-refractivity contribution in [2.24, 2.45) is 0 Å². The van der Waals surface area contributed by atoms with Gasteiger partial charge in [0.05, 0.1) is 0 Å². The molecule has 0 bridgehead atoms. The molecule has 0 amide bonds. The molecule has 0 aliphatic carbocycles. The molecule has 0 heterocycles. The maximum Gasteiger partial charge on any atom is 0.456 e. The molecule has 0 saturated carbocycles. The molecular formula is F3PW. The zero-order valence-electron chi connectivity index (χ0n) is 1.99. The Bertz CT molecular complexity index is 11.6. The normalized spacial score (nSPS) is 7.20. The Balaban J connectivity index is 0. The molecule has 0 nitrogen and oxygen atoms in total. The Kier molecular flexibility index (Phi) is 9.15.